The van der Waals surface area contributed by atoms with E-state index in [1.807, 2.05) is 0 Å². The Labute approximate surface area is 127 Å². The molecule has 11 nitrogen and oxygen atoms in total. The number of hydrogen-bond acceptors (Lipinski definition) is 6. The van der Waals surface area contributed by atoms with Gasteiger partial charge in [-0.05, 0) is 19.3 Å². The molecule has 0 bridgehead atoms. The summed E-state index contributed by atoms with van der Waals surface area (Å²) in [6, 6.07) is -1.80. The van der Waals surface area contributed by atoms with Gasteiger partial charge in [0.05, 0.1) is 0 Å². The van der Waals surface area contributed by atoms with Gasteiger partial charge in [0.25, 0.3) is 0 Å². The minimum Gasteiger partial charge on any atom is -0.480 e. The van der Waals surface area contributed by atoms with E-state index in [4.69, 9.17) is 38.9 Å². The lowest BCUT2D eigenvalue weighted by atomic mass is 10.2. The number of amides is 1. The number of nitrogens with two attached hydrogens (primary N) is 5. The number of carbonyl (C=O) groups excluding carboxylic acids is 1. The molecule has 0 radical (unpaired) electrons. The first-order valence-electron chi connectivity index (χ1n) is 6.38. The normalized spacial score (nSPS) is 12.3. The first-order chi connectivity index (χ1) is 10.1. The van der Waals surface area contributed by atoms with E-state index in [9.17, 15) is 14.4 Å². The monoisotopic (exact) mass is 320 g/mol. The van der Waals surface area contributed by atoms with Crippen molar-refractivity contribution >= 4 is 23.8 Å². The zero-order valence-electron chi connectivity index (χ0n) is 12.1. The molecule has 0 aromatic heterocycles. The lowest BCUT2D eigenvalue weighted by Crippen LogP contribution is -2.31. The Balaban J connectivity index is 0. The molecular formula is C11H24N6O5. The molecule has 2 atom stereocenters. The Morgan fingerprint density at radius 2 is 1.36 bits per heavy atom. The highest BCUT2D eigenvalue weighted by Gasteiger charge is 2.11. The van der Waals surface area contributed by atoms with Gasteiger partial charge >= 0.3 is 11.9 Å². The number of aliphatic carboxylic acids is 2. The van der Waals surface area contributed by atoms with E-state index in [-0.39, 0.29) is 18.8 Å². The third kappa shape index (κ3) is 15.7. The highest BCUT2D eigenvalue weighted by Crippen LogP contribution is 1.94. The van der Waals surface area contributed by atoms with Gasteiger partial charge in [-0.3, -0.25) is 19.4 Å². The molecule has 0 fully saturated rings. The van der Waals surface area contributed by atoms with Crippen LogP contribution in [-0.4, -0.2) is 52.6 Å². The van der Waals surface area contributed by atoms with Crippen LogP contribution in [-0.2, 0) is 14.4 Å². The largest absolute Gasteiger partial charge is 0.480 e. The third-order valence-corrected chi connectivity index (χ3v) is 2.30. The molecule has 0 spiro atoms. The second-order valence-electron chi connectivity index (χ2n) is 4.34. The van der Waals surface area contributed by atoms with Crippen molar-refractivity contribution in [2.45, 2.75) is 37.8 Å². The number of carboxylic acids is 2. The molecule has 0 aromatic carbocycles. The second-order valence-corrected chi connectivity index (χ2v) is 4.34. The van der Waals surface area contributed by atoms with E-state index >= 15 is 0 Å². The number of hydrogen-bond donors (Lipinski definition) is 7. The van der Waals surface area contributed by atoms with E-state index in [1.54, 1.807) is 0 Å². The SMILES string of the molecule is NC(=O)CCC(N)C(=O)O.NC(N)=NCCCC(N)C(=O)O. The van der Waals surface area contributed by atoms with Crippen LogP contribution in [0.1, 0.15) is 25.7 Å². The van der Waals surface area contributed by atoms with Crippen molar-refractivity contribution in [3.63, 3.8) is 0 Å². The molecule has 0 saturated carbocycles. The predicted molar refractivity (Wildman–Crippen MR) is 79.6 cm³/mol. The van der Waals surface area contributed by atoms with Crippen molar-refractivity contribution in [2.75, 3.05) is 6.54 Å². The molecule has 0 aliphatic carbocycles. The number of carbonyl (C=O) groups is 3. The molecule has 11 heteroatoms. The van der Waals surface area contributed by atoms with E-state index in [1.165, 1.54) is 0 Å². The number of nitrogens with zero attached hydrogens (tertiary/aromatic N) is 1. The van der Waals surface area contributed by atoms with E-state index in [0.717, 1.165) is 0 Å². The molecule has 22 heavy (non-hydrogen) atoms. The average molecular weight is 320 g/mol. The fraction of sp³-hybridized carbons (Fsp3) is 0.636. The van der Waals surface area contributed by atoms with E-state index in [0.29, 0.717) is 19.4 Å². The fourth-order valence-corrected chi connectivity index (χ4v) is 1.06. The van der Waals surface area contributed by atoms with Gasteiger partial charge in [0.1, 0.15) is 12.1 Å². The molecule has 0 rings (SSSR count). The Kier molecular flexibility index (Phi) is 12.3. The van der Waals surface area contributed by atoms with Crippen molar-refractivity contribution in [3.05, 3.63) is 0 Å². The van der Waals surface area contributed by atoms with Crippen LogP contribution in [0.2, 0.25) is 0 Å². The summed E-state index contributed by atoms with van der Waals surface area (Å²) in [4.78, 5) is 34.0. The quantitative estimate of drug-likeness (QED) is 0.131. The minimum absolute atomic E-state index is 0.0129. The summed E-state index contributed by atoms with van der Waals surface area (Å²) in [5.41, 5.74) is 25.1. The van der Waals surface area contributed by atoms with Gasteiger partial charge in [-0.15, -0.1) is 0 Å². The summed E-state index contributed by atoms with van der Waals surface area (Å²) in [5.74, 6) is -2.63. The molecular weight excluding hydrogens is 296 g/mol. The molecule has 0 aromatic rings. The van der Waals surface area contributed by atoms with Crippen molar-refractivity contribution in [1.82, 2.24) is 0 Å². The van der Waals surface area contributed by atoms with Gasteiger partial charge in [-0.1, -0.05) is 0 Å². The van der Waals surface area contributed by atoms with Gasteiger partial charge in [0.15, 0.2) is 5.96 Å². The number of carboxylic acid groups (broad SMARTS) is 2. The summed E-state index contributed by atoms with van der Waals surface area (Å²) in [6.45, 7) is 0.420. The first-order valence-corrected chi connectivity index (χ1v) is 6.38. The fourth-order valence-electron chi connectivity index (χ4n) is 1.06. The van der Waals surface area contributed by atoms with Crippen LogP contribution >= 0.6 is 0 Å². The van der Waals surface area contributed by atoms with E-state index < -0.39 is 29.9 Å². The average Bonchev–Trinajstić information content (AvgIpc) is 2.40. The number of rotatable bonds is 9. The van der Waals surface area contributed by atoms with Crippen molar-refractivity contribution < 1.29 is 24.6 Å². The highest BCUT2D eigenvalue weighted by atomic mass is 16.4. The van der Waals surface area contributed by atoms with Crippen molar-refractivity contribution in [1.29, 1.82) is 0 Å². The molecule has 128 valence electrons. The van der Waals surface area contributed by atoms with Crippen LogP contribution in [0.15, 0.2) is 4.99 Å². The van der Waals surface area contributed by atoms with Gasteiger partial charge in [-0.2, -0.15) is 0 Å². The zero-order chi connectivity index (χ0) is 17.7. The Bertz CT molecular complexity index is 396. The van der Waals surface area contributed by atoms with Gasteiger partial charge in [-0.25, -0.2) is 0 Å². The number of primary amides is 1. The number of aliphatic imine (C=N–C) groups is 1. The number of guanidine groups is 1. The predicted octanol–water partition coefficient (Wildman–Crippen LogP) is -2.88. The molecule has 0 heterocycles. The maximum atomic E-state index is 10.2. The topological polar surface area (TPSA) is 234 Å². The smallest absolute Gasteiger partial charge is 0.320 e. The molecule has 0 aliphatic rings. The Hall–Kier alpha value is -2.40. The molecule has 1 amide bonds. The van der Waals surface area contributed by atoms with Crippen LogP contribution < -0.4 is 28.7 Å². The summed E-state index contributed by atoms with van der Waals surface area (Å²) in [6.07, 6.45) is 1.08. The van der Waals surface area contributed by atoms with Gasteiger partial charge in [0.2, 0.25) is 5.91 Å². The van der Waals surface area contributed by atoms with Gasteiger partial charge in [0, 0.05) is 13.0 Å². The second kappa shape index (κ2) is 12.3. The Morgan fingerprint density at radius 1 is 0.909 bits per heavy atom. The highest BCUT2D eigenvalue weighted by molar-refractivity contribution is 5.77. The van der Waals surface area contributed by atoms with Gasteiger partial charge < -0.3 is 38.9 Å². The van der Waals surface area contributed by atoms with Crippen molar-refractivity contribution in [2.24, 2.45) is 33.7 Å². The lowest BCUT2D eigenvalue weighted by Gasteiger charge is -2.03. The van der Waals surface area contributed by atoms with E-state index in [2.05, 4.69) is 4.99 Å². The molecule has 12 N–H and O–H groups in total. The van der Waals surface area contributed by atoms with Crippen molar-refractivity contribution in [3.8, 4) is 0 Å². The molecule has 0 saturated heterocycles. The summed E-state index contributed by atoms with van der Waals surface area (Å²) in [5, 5.41) is 16.6. The molecule has 0 aliphatic heterocycles. The third-order valence-electron chi connectivity index (χ3n) is 2.30. The van der Waals surface area contributed by atoms with Crippen LogP contribution in [0.5, 0.6) is 0 Å². The maximum absolute atomic E-state index is 10.2. The summed E-state index contributed by atoms with van der Waals surface area (Å²) in [7, 11) is 0. The Morgan fingerprint density at radius 3 is 1.73 bits per heavy atom. The van der Waals surface area contributed by atoms with Crippen LogP contribution in [0, 0.1) is 0 Å². The zero-order valence-corrected chi connectivity index (χ0v) is 12.1. The van der Waals surface area contributed by atoms with Crippen LogP contribution in [0.3, 0.4) is 0 Å². The molecule has 2 unspecified atom stereocenters. The van der Waals surface area contributed by atoms with Crippen LogP contribution in [0.4, 0.5) is 0 Å². The minimum atomic E-state index is -1.11. The summed E-state index contributed by atoms with van der Waals surface area (Å²) < 4.78 is 0. The first kappa shape index (κ1) is 21.9. The maximum Gasteiger partial charge on any atom is 0.320 e. The summed E-state index contributed by atoms with van der Waals surface area (Å²) >= 11 is 0. The standard InChI is InChI=1S/C6H14N4O2.C5H10N2O3/c7-4(5(11)12)2-1-3-10-6(8)9;6-3(5(9)10)1-2-4(7)8/h4H,1-3,7H2,(H,11,12)(H4,8,9,10);3H,1-2,6H2,(H2,7,8)(H,9,10). The lowest BCUT2D eigenvalue weighted by molar-refractivity contribution is -0.139. The van der Waals surface area contributed by atoms with Crippen LogP contribution in [0.25, 0.3) is 0 Å².